The minimum absolute atomic E-state index is 0.613. The quantitative estimate of drug-likeness (QED) is 0.451. The van der Waals surface area contributed by atoms with Gasteiger partial charge in [-0.25, -0.2) is 0 Å². The van der Waals surface area contributed by atoms with Crippen LogP contribution >= 0.6 is 0 Å². The summed E-state index contributed by atoms with van der Waals surface area (Å²) in [5.41, 5.74) is 2.22. The minimum Gasteiger partial charge on any atom is -0.265 e. The topological polar surface area (TPSA) is 9.23 Å². The average Bonchev–Trinajstić information content (AvgIpc) is 1.88. The van der Waals surface area contributed by atoms with E-state index in [0.717, 1.165) is 5.54 Å². The second-order valence-corrected chi connectivity index (χ2v) is 6.00. The van der Waals surface area contributed by atoms with Crippen LogP contribution in [0.25, 0.3) is 0 Å². The summed E-state index contributed by atoms with van der Waals surface area (Å²) < 4.78 is 5.43. The van der Waals surface area contributed by atoms with Crippen molar-refractivity contribution in [1.82, 2.24) is 0 Å². The van der Waals surface area contributed by atoms with Gasteiger partial charge in [-0.1, -0.05) is 6.92 Å². The third-order valence-electron chi connectivity index (χ3n) is 1.77. The highest BCUT2D eigenvalue weighted by Gasteiger charge is 2.26. The van der Waals surface area contributed by atoms with Gasteiger partial charge in [0, 0.05) is 0 Å². The van der Waals surface area contributed by atoms with Gasteiger partial charge in [0.05, 0.1) is 12.7 Å². The van der Waals surface area contributed by atoms with E-state index in [9.17, 15) is 0 Å². The Balaban J connectivity index is 3.80. The van der Waals surface area contributed by atoms with E-state index in [1.54, 1.807) is 0 Å². The summed E-state index contributed by atoms with van der Waals surface area (Å²) in [6, 6.07) is 0. The van der Waals surface area contributed by atoms with E-state index >= 15 is 0 Å². The molecule has 0 aromatic heterocycles. The van der Waals surface area contributed by atoms with Gasteiger partial charge in [0.2, 0.25) is 0 Å². The van der Waals surface area contributed by atoms with Gasteiger partial charge < -0.3 is 0 Å². The highest BCUT2D eigenvalue weighted by atomic mass is 28.3. The molecule has 0 bridgehead atoms. The lowest BCUT2D eigenvalue weighted by Crippen LogP contribution is -2.26. The molecule has 0 amide bonds. The Bertz CT molecular complexity index is 83.3. The SMILES string of the molecule is CCC(C)[Si+](OC)[C-](C)C. The Kier molecular flexibility index (Phi) is 5.00. The second-order valence-electron chi connectivity index (χ2n) is 2.88. The first-order valence-corrected chi connectivity index (χ1v) is 5.33. The second kappa shape index (κ2) is 4.91. The summed E-state index contributed by atoms with van der Waals surface area (Å²) in [5.74, 6) is 0. The lowest BCUT2D eigenvalue weighted by Gasteiger charge is -2.17. The van der Waals surface area contributed by atoms with Gasteiger partial charge in [0.25, 0.3) is 0 Å². The molecule has 0 N–H and O–H groups in total. The largest absolute Gasteiger partial charge is 0.311 e. The maximum atomic E-state index is 5.43. The molecule has 10 heavy (non-hydrogen) atoms. The fourth-order valence-electron chi connectivity index (χ4n) is 1.08. The Morgan fingerprint density at radius 3 is 2.10 bits per heavy atom. The molecule has 1 nitrogen and oxygen atoms in total. The van der Waals surface area contributed by atoms with Gasteiger partial charge in [0.15, 0.2) is 0 Å². The van der Waals surface area contributed by atoms with E-state index < -0.39 is 9.04 Å². The molecule has 0 saturated carbocycles. The first-order valence-electron chi connectivity index (χ1n) is 3.84. The first kappa shape index (κ1) is 10.2. The van der Waals surface area contributed by atoms with Crippen LogP contribution in [0.1, 0.15) is 34.1 Å². The summed E-state index contributed by atoms with van der Waals surface area (Å²) in [4.78, 5) is 0. The van der Waals surface area contributed by atoms with Crippen LogP contribution in [0.4, 0.5) is 0 Å². The molecule has 2 heteroatoms. The van der Waals surface area contributed by atoms with Crippen molar-refractivity contribution in [3.8, 4) is 0 Å². The summed E-state index contributed by atoms with van der Waals surface area (Å²) in [6.45, 7) is 8.83. The molecule has 0 aromatic rings. The summed E-state index contributed by atoms with van der Waals surface area (Å²) >= 11 is 0. The van der Waals surface area contributed by atoms with E-state index in [1.807, 2.05) is 7.11 Å². The molecule has 0 saturated heterocycles. The fraction of sp³-hybridized carbons (Fsp3) is 0.875. The molecule has 0 aliphatic rings. The third kappa shape index (κ3) is 2.84. The highest BCUT2D eigenvalue weighted by Crippen LogP contribution is 2.20. The molecule has 1 atom stereocenters. The maximum Gasteiger partial charge on any atom is 0.311 e. The lowest BCUT2D eigenvalue weighted by atomic mass is 10.4. The molecule has 0 rings (SSSR count). The van der Waals surface area contributed by atoms with Crippen molar-refractivity contribution in [3.05, 3.63) is 5.54 Å². The van der Waals surface area contributed by atoms with Gasteiger partial charge in [-0.3, -0.25) is 4.43 Å². The third-order valence-corrected chi connectivity index (χ3v) is 4.50. The molecule has 0 fully saturated rings. The van der Waals surface area contributed by atoms with Crippen molar-refractivity contribution in [2.75, 3.05) is 7.11 Å². The zero-order chi connectivity index (χ0) is 8.15. The number of rotatable bonds is 4. The van der Waals surface area contributed by atoms with Gasteiger partial charge in [-0.15, -0.1) is 5.54 Å². The molecule has 0 aliphatic heterocycles. The van der Waals surface area contributed by atoms with E-state index in [-0.39, 0.29) is 0 Å². The molecule has 0 aliphatic carbocycles. The smallest absolute Gasteiger partial charge is 0.265 e. The molecule has 0 spiro atoms. The predicted octanol–water partition coefficient (Wildman–Crippen LogP) is 2.58. The molecular weight excluding hydrogens is 140 g/mol. The molecular formula is C8H18OSi. The van der Waals surface area contributed by atoms with Crippen LogP contribution in [-0.2, 0) is 4.43 Å². The normalized spacial score (nSPS) is 13.8. The lowest BCUT2D eigenvalue weighted by molar-refractivity contribution is 0.408. The van der Waals surface area contributed by atoms with Gasteiger partial charge in [0.1, 0.15) is 0 Å². The van der Waals surface area contributed by atoms with Crippen molar-refractivity contribution in [3.63, 3.8) is 0 Å². The van der Waals surface area contributed by atoms with E-state index in [2.05, 4.69) is 27.7 Å². The zero-order valence-corrected chi connectivity index (χ0v) is 8.69. The van der Waals surface area contributed by atoms with Gasteiger partial charge >= 0.3 is 9.04 Å². The molecule has 1 unspecified atom stereocenters. The number of hydrogen-bond acceptors (Lipinski definition) is 1. The highest BCUT2D eigenvalue weighted by molar-refractivity contribution is 6.59. The summed E-state index contributed by atoms with van der Waals surface area (Å²) in [6.07, 6.45) is 1.23. The summed E-state index contributed by atoms with van der Waals surface area (Å²) in [5, 5.41) is 0. The van der Waals surface area contributed by atoms with Crippen molar-refractivity contribution in [2.45, 2.75) is 39.7 Å². The molecule has 0 radical (unpaired) electrons. The van der Waals surface area contributed by atoms with E-state index in [4.69, 9.17) is 4.43 Å². The molecule has 0 heterocycles. The van der Waals surface area contributed by atoms with E-state index in [0.29, 0.717) is 0 Å². The van der Waals surface area contributed by atoms with Crippen molar-refractivity contribution >= 4 is 9.04 Å². The molecule has 0 aromatic carbocycles. The Morgan fingerprint density at radius 2 is 2.00 bits per heavy atom. The van der Waals surface area contributed by atoms with Crippen LogP contribution in [0.15, 0.2) is 0 Å². The maximum absolute atomic E-state index is 5.43. The van der Waals surface area contributed by atoms with Crippen molar-refractivity contribution in [1.29, 1.82) is 0 Å². The Hall–Kier alpha value is 0.177. The number of hydrogen-bond donors (Lipinski definition) is 0. The predicted molar refractivity (Wildman–Crippen MR) is 47.1 cm³/mol. The van der Waals surface area contributed by atoms with Crippen LogP contribution < -0.4 is 0 Å². The summed E-state index contributed by atoms with van der Waals surface area (Å²) in [7, 11) is 1.21. The van der Waals surface area contributed by atoms with Crippen LogP contribution in [0.2, 0.25) is 5.54 Å². The Morgan fingerprint density at radius 1 is 1.50 bits per heavy atom. The van der Waals surface area contributed by atoms with Crippen molar-refractivity contribution < 1.29 is 4.43 Å². The van der Waals surface area contributed by atoms with Crippen LogP contribution in [-0.4, -0.2) is 16.2 Å². The minimum atomic E-state index is -0.613. The van der Waals surface area contributed by atoms with E-state index in [1.165, 1.54) is 12.0 Å². The van der Waals surface area contributed by atoms with Crippen molar-refractivity contribution in [2.24, 2.45) is 0 Å². The fourth-order valence-corrected chi connectivity index (χ4v) is 3.25. The van der Waals surface area contributed by atoms with Crippen LogP contribution in [0.3, 0.4) is 0 Å². The average molecular weight is 158 g/mol. The van der Waals surface area contributed by atoms with Crippen LogP contribution in [0, 0.1) is 5.54 Å². The van der Waals surface area contributed by atoms with Gasteiger partial charge in [-0.05, 0) is 13.3 Å². The van der Waals surface area contributed by atoms with Crippen LogP contribution in [0.5, 0.6) is 0 Å². The Labute approximate surface area is 66.5 Å². The first-order chi connectivity index (χ1) is 4.63. The monoisotopic (exact) mass is 158 g/mol. The zero-order valence-electron chi connectivity index (χ0n) is 7.69. The standard InChI is InChI=1S/C8H18OSi/c1-6-8(4)10(9-5)7(2)3/h8H,6H2,1-5H3. The van der Waals surface area contributed by atoms with Gasteiger partial charge in [-0.2, -0.15) is 13.8 Å². The molecule has 60 valence electrons.